The van der Waals surface area contributed by atoms with Gasteiger partial charge in [0.25, 0.3) is 0 Å². The van der Waals surface area contributed by atoms with E-state index in [2.05, 4.69) is 5.32 Å². The quantitative estimate of drug-likeness (QED) is 0.318. The van der Waals surface area contributed by atoms with E-state index in [1.54, 1.807) is 0 Å². The van der Waals surface area contributed by atoms with Crippen LogP contribution >= 0.6 is 0 Å². The number of aliphatic hydroxyl groups excluding tert-OH is 1. The summed E-state index contributed by atoms with van der Waals surface area (Å²) in [6.45, 7) is 5.31. The third-order valence-corrected chi connectivity index (χ3v) is 7.56. The highest BCUT2D eigenvalue weighted by Crippen LogP contribution is 2.33. The van der Waals surface area contributed by atoms with Crippen molar-refractivity contribution in [2.75, 3.05) is 26.3 Å². The van der Waals surface area contributed by atoms with Gasteiger partial charge in [-0.3, -0.25) is 4.55 Å². The smallest absolute Gasteiger partial charge is 0.407 e. The Morgan fingerprint density at radius 2 is 1.85 bits per heavy atom. The lowest BCUT2D eigenvalue weighted by atomic mass is 10.0. The van der Waals surface area contributed by atoms with Gasteiger partial charge in [-0.1, -0.05) is 56.3 Å². The average molecular weight is 563 g/mol. The lowest BCUT2D eigenvalue weighted by Crippen LogP contribution is -2.51. The minimum absolute atomic E-state index is 0.0131. The fourth-order valence-electron chi connectivity index (χ4n) is 4.82. The Hall–Kier alpha value is -2.54. The molecule has 0 saturated carbocycles. The van der Waals surface area contributed by atoms with Gasteiger partial charge in [0.2, 0.25) is 11.3 Å². The molecule has 1 amide bonds. The number of rotatable bonds is 13. The molecule has 2 aromatic carbocycles. The number of carbonyl (C=O) groups excluding carboxylic acids is 1. The predicted molar refractivity (Wildman–Crippen MR) is 145 cm³/mol. The van der Waals surface area contributed by atoms with Gasteiger partial charge >= 0.3 is 6.09 Å². The van der Waals surface area contributed by atoms with E-state index in [4.69, 9.17) is 18.9 Å². The molecular formula is C28H38N2O8S. The monoisotopic (exact) mass is 562 g/mol. The molecule has 0 radical (unpaired) electrons. The van der Waals surface area contributed by atoms with Crippen LogP contribution in [0.3, 0.4) is 0 Å². The highest BCUT2D eigenvalue weighted by molar-refractivity contribution is 7.76. The van der Waals surface area contributed by atoms with Crippen molar-refractivity contribution in [3.63, 3.8) is 0 Å². The fraction of sp³-hybridized carbons (Fsp3) is 0.536. The summed E-state index contributed by atoms with van der Waals surface area (Å²) in [7, 11) is 0. The Kier molecular flexibility index (Phi) is 10.7. The minimum atomic E-state index is -2.27. The molecule has 4 rings (SSSR count). The lowest BCUT2D eigenvalue weighted by Gasteiger charge is -2.29. The Morgan fingerprint density at radius 3 is 2.54 bits per heavy atom. The van der Waals surface area contributed by atoms with Crippen LogP contribution in [-0.4, -0.2) is 75.1 Å². The van der Waals surface area contributed by atoms with Gasteiger partial charge in [0.05, 0.1) is 31.3 Å². The topological polar surface area (TPSA) is 127 Å². The number of nitrogens with one attached hydrogen (secondary N) is 1. The van der Waals surface area contributed by atoms with E-state index >= 15 is 0 Å². The Labute approximate surface area is 232 Å². The number of nitrogens with zero attached hydrogens (tertiary/aromatic N) is 1. The second kappa shape index (κ2) is 14.2. The zero-order valence-electron chi connectivity index (χ0n) is 22.3. The van der Waals surface area contributed by atoms with E-state index in [9.17, 15) is 18.7 Å². The number of hydrogen-bond donors (Lipinski definition) is 3. The standard InChI is InChI=1S/C28H38N2O8S/c1-19(2)15-30(39(33)34)16-25(31)24(29-28(32)38-26-18-37-27-23(26)12-13-35-27)14-20-8-10-22(11-9-20)36-17-21-6-4-3-5-7-21/h3-11,19,23-27,31H,12-18H2,1-2H3,(H,29,32)(H,33,34)/t23-,24-,25+,26-,27+/m0/s1. The maximum absolute atomic E-state index is 12.9. The van der Waals surface area contributed by atoms with Gasteiger partial charge in [-0.25, -0.2) is 9.00 Å². The third-order valence-electron chi connectivity index (χ3n) is 6.82. The second-order valence-electron chi connectivity index (χ2n) is 10.4. The molecule has 2 aliphatic rings. The van der Waals surface area contributed by atoms with Gasteiger partial charge in [0.15, 0.2) is 6.29 Å². The molecule has 3 N–H and O–H groups in total. The van der Waals surface area contributed by atoms with Gasteiger partial charge < -0.3 is 29.4 Å². The highest BCUT2D eigenvalue weighted by atomic mass is 32.2. The van der Waals surface area contributed by atoms with E-state index in [1.165, 1.54) is 4.31 Å². The molecule has 0 spiro atoms. The summed E-state index contributed by atoms with van der Waals surface area (Å²) >= 11 is -2.27. The number of hydrogen-bond acceptors (Lipinski definition) is 7. The summed E-state index contributed by atoms with van der Waals surface area (Å²) in [5.74, 6) is 0.790. The fourth-order valence-corrected chi connectivity index (χ4v) is 5.52. The maximum atomic E-state index is 12.9. The Bertz CT molecular complexity index is 1070. The van der Waals surface area contributed by atoms with E-state index in [1.807, 2.05) is 68.4 Å². The van der Waals surface area contributed by atoms with E-state index in [0.717, 1.165) is 17.5 Å². The van der Waals surface area contributed by atoms with Crippen molar-refractivity contribution in [3.8, 4) is 5.75 Å². The number of benzene rings is 2. The van der Waals surface area contributed by atoms with Crippen LogP contribution in [0.15, 0.2) is 54.6 Å². The van der Waals surface area contributed by atoms with E-state index in [0.29, 0.717) is 25.5 Å². The molecule has 2 saturated heterocycles. The van der Waals surface area contributed by atoms with Gasteiger partial charge in [-0.15, -0.1) is 0 Å². The number of carbonyl (C=O) groups is 1. The van der Waals surface area contributed by atoms with Crippen molar-refractivity contribution in [1.82, 2.24) is 9.62 Å². The molecule has 2 aromatic rings. The summed E-state index contributed by atoms with van der Waals surface area (Å²) in [6.07, 6.45) is -1.57. The largest absolute Gasteiger partial charge is 0.489 e. The van der Waals surface area contributed by atoms with Gasteiger partial charge in [-0.05, 0) is 42.0 Å². The van der Waals surface area contributed by atoms with Crippen LogP contribution in [0.25, 0.3) is 0 Å². The molecule has 0 aliphatic carbocycles. The minimum Gasteiger partial charge on any atom is -0.489 e. The van der Waals surface area contributed by atoms with Crippen LogP contribution in [-0.2, 0) is 38.5 Å². The van der Waals surface area contributed by atoms with Crippen LogP contribution in [0.2, 0.25) is 0 Å². The first-order valence-corrected chi connectivity index (χ1v) is 14.3. The van der Waals surface area contributed by atoms with E-state index in [-0.39, 0.29) is 37.7 Å². The average Bonchev–Trinajstić information content (AvgIpc) is 3.53. The van der Waals surface area contributed by atoms with Crippen molar-refractivity contribution in [3.05, 3.63) is 65.7 Å². The number of ether oxygens (including phenoxy) is 4. The summed E-state index contributed by atoms with van der Waals surface area (Å²) in [4.78, 5) is 12.9. The Morgan fingerprint density at radius 1 is 1.10 bits per heavy atom. The molecule has 2 heterocycles. The number of amides is 1. The zero-order valence-corrected chi connectivity index (χ0v) is 23.1. The number of fused-ring (bicyclic) bond motifs is 1. The van der Waals surface area contributed by atoms with Crippen molar-refractivity contribution >= 4 is 17.4 Å². The first-order chi connectivity index (χ1) is 18.8. The normalized spacial score (nSPS) is 22.9. The van der Waals surface area contributed by atoms with Crippen LogP contribution in [0.4, 0.5) is 4.79 Å². The van der Waals surface area contributed by atoms with Gasteiger partial charge in [-0.2, -0.15) is 4.31 Å². The molecule has 0 aromatic heterocycles. The SMILES string of the molecule is CC(C)CN(C[C@@H](O)[C@H](Cc1ccc(OCc2ccccc2)cc1)NC(=O)O[C@H]1CO[C@H]2OCC[C@H]21)S(=O)O. The maximum Gasteiger partial charge on any atom is 0.407 e. The van der Waals surface area contributed by atoms with E-state index < -0.39 is 35.6 Å². The highest BCUT2D eigenvalue weighted by Gasteiger charge is 2.44. The van der Waals surface area contributed by atoms with Crippen LogP contribution in [0, 0.1) is 11.8 Å². The second-order valence-corrected chi connectivity index (χ2v) is 11.4. The van der Waals surface area contributed by atoms with Gasteiger partial charge in [0, 0.05) is 13.1 Å². The molecule has 2 aliphatic heterocycles. The first kappa shape index (κ1) is 29.4. The van der Waals surface area contributed by atoms with Crippen molar-refractivity contribution < 1.29 is 37.6 Å². The molecule has 10 nitrogen and oxygen atoms in total. The number of alkyl carbamates (subject to hydrolysis) is 1. The van der Waals surface area contributed by atoms with Crippen LogP contribution < -0.4 is 10.1 Å². The summed E-state index contributed by atoms with van der Waals surface area (Å²) in [5.41, 5.74) is 1.91. The summed E-state index contributed by atoms with van der Waals surface area (Å²) in [5, 5.41) is 13.9. The predicted octanol–water partition coefficient (Wildman–Crippen LogP) is 3.12. The molecule has 2 fully saturated rings. The molecular weight excluding hydrogens is 524 g/mol. The molecule has 214 valence electrons. The van der Waals surface area contributed by atoms with Crippen molar-refractivity contribution in [2.45, 2.75) is 57.8 Å². The zero-order chi connectivity index (χ0) is 27.8. The lowest BCUT2D eigenvalue weighted by molar-refractivity contribution is -0.0907. The summed E-state index contributed by atoms with van der Waals surface area (Å²) < 4.78 is 45.5. The molecule has 1 unspecified atom stereocenters. The molecule has 39 heavy (non-hydrogen) atoms. The third kappa shape index (κ3) is 8.72. The number of aliphatic hydroxyl groups is 1. The van der Waals surface area contributed by atoms with Crippen LogP contribution in [0.1, 0.15) is 31.4 Å². The van der Waals surface area contributed by atoms with Crippen molar-refractivity contribution in [1.29, 1.82) is 0 Å². The van der Waals surface area contributed by atoms with Crippen LogP contribution in [0.5, 0.6) is 5.75 Å². The first-order valence-electron chi connectivity index (χ1n) is 13.3. The molecule has 11 heteroatoms. The molecule has 0 bridgehead atoms. The summed E-state index contributed by atoms with van der Waals surface area (Å²) in [6, 6.07) is 16.5. The van der Waals surface area contributed by atoms with Crippen molar-refractivity contribution in [2.24, 2.45) is 11.8 Å². The Balaban J connectivity index is 1.40. The molecule has 6 atom stereocenters. The van der Waals surface area contributed by atoms with Gasteiger partial charge in [0.1, 0.15) is 18.5 Å².